The van der Waals surface area contributed by atoms with Crippen molar-refractivity contribution in [3.8, 4) is 5.75 Å². The predicted molar refractivity (Wildman–Crippen MR) is 132 cm³/mol. The smallest absolute Gasteiger partial charge is 0.277 e. The molecule has 176 valence electrons. The quantitative estimate of drug-likeness (QED) is 0.370. The summed E-state index contributed by atoms with van der Waals surface area (Å²) in [5, 5.41) is 6.76. The van der Waals surface area contributed by atoms with Crippen molar-refractivity contribution < 1.29 is 18.7 Å². The van der Waals surface area contributed by atoms with Gasteiger partial charge in [-0.1, -0.05) is 57.2 Å². The molecule has 3 aromatic rings. The summed E-state index contributed by atoms with van der Waals surface area (Å²) >= 11 is 0. The number of rotatable bonds is 7. The van der Waals surface area contributed by atoms with Crippen LogP contribution in [0.5, 0.6) is 5.75 Å². The van der Waals surface area contributed by atoms with Gasteiger partial charge in [0.05, 0.1) is 11.3 Å². The predicted octanol–water partition coefficient (Wildman–Crippen LogP) is 5.29. The standard InChI is InChI=1S/C27H28FN3O3/c1-18(30-31-25(32)17-34-22-15-11-20(12-16-22)27(2,3)4)19-9-13-21(14-10-19)29-26(33)23-7-5-6-8-24(23)28/h5-16H,17H2,1-4H3,(H,29,33)(H,31,32)/b30-18+. The van der Waals surface area contributed by atoms with E-state index in [1.807, 2.05) is 24.3 Å². The molecule has 2 amide bonds. The van der Waals surface area contributed by atoms with Crippen LogP contribution >= 0.6 is 0 Å². The van der Waals surface area contributed by atoms with Crippen LogP contribution in [0.15, 0.2) is 77.9 Å². The van der Waals surface area contributed by atoms with Gasteiger partial charge in [-0.2, -0.15) is 5.10 Å². The average molecular weight is 462 g/mol. The number of halogens is 1. The first-order valence-corrected chi connectivity index (χ1v) is 10.9. The molecule has 0 aliphatic heterocycles. The summed E-state index contributed by atoms with van der Waals surface area (Å²) in [5.41, 5.74) is 5.52. The minimum atomic E-state index is -0.582. The Bertz CT molecular complexity index is 1180. The molecular weight excluding hydrogens is 433 g/mol. The summed E-state index contributed by atoms with van der Waals surface area (Å²) in [4.78, 5) is 24.3. The topological polar surface area (TPSA) is 79.8 Å². The summed E-state index contributed by atoms with van der Waals surface area (Å²) in [6, 6.07) is 20.3. The van der Waals surface area contributed by atoms with E-state index in [0.717, 1.165) is 5.56 Å². The number of anilines is 1. The molecule has 6 nitrogen and oxygen atoms in total. The summed E-state index contributed by atoms with van der Waals surface area (Å²) in [6.07, 6.45) is 0. The second-order valence-electron chi connectivity index (χ2n) is 8.81. The zero-order valence-corrected chi connectivity index (χ0v) is 19.7. The number of benzene rings is 3. The van der Waals surface area contributed by atoms with Gasteiger partial charge in [0, 0.05) is 5.69 Å². The number of hydrogen-bond donors (Lipinski definition) is 2. The molecule has 3 rings (SSSR count). The van der Waals surface area contributed by atoms with Crippen LogP contribution in [-0.4, -0.2) is 24.1 Å². The number of amides is 2. The number of hydrogen-bond acceptors (Lipinski definition) is 4. The van der Waals surface area contributed by atoms with Gasteiger partial charge in [0.1, 0.15) is 11.6 Å². The van der Waals surface area contributed by atoms with Gasteiger partial charge in [0.2, 0.25) is 0 Å². The summed E-state index contributed by atoms with van der Waals surface area (Å²) < 4.78 is 19.3. The molecule has 0 unspecified atom stereocenters. The number of carbonyl (C=O) groups is 2. The van der Waals surface area contributed by atoms with Gasteiger partial charge >= 0.3 is 0 Å². The lowest BCUT2D eigenvalue weighted by atomic mass is 9.87. The number of carbonyl (C=O) groups excluding carboxylic acids is 2. The van der Waals surface area contributed by atoms with Crippen LogP contribution in [-0.2, 0) is 10.2 Å². The lowest BCUT2D eigenvalue weighted by molar-refractivity contribution is -0.123. The molecular formula is C27H28FN3O3. The highest BCUT2D eigenvalue weighted by Gasteiger charge is 2.13. The summed E-state index contributed by atoms with van der Waals surface area (Å²) in [7, 11) is 0. The summed E-state index contributed by atoms with van der Waals surface area (Å²) in [5.74, 6) is -0.886. The largest absolute Gasteiger partial charge is 0.484 e. The van der Waals surface area contributed by atoms with Gasteiger partial charge in [-0.25, -0.2) is 9.82 Å². The Hall–Kier alpha value is -4.00. The maximum atomic E-state index is 13.8. The van der Waals surface area contributed by atoms with Gasteiger partial charge < -0.3 is 10.1 Å². The Balaban J connectivity index is 1.51. The van der Waals surface area contributed by atoms with Crippen molar-refractivity contribution in [3.63, 3.8) is 0 Å². The van der Waals surface area contributed by atoms with Gasteiger partial charge in [-0.15, -0.1) is 0 Å². The normalized spacial score (nSPS) is 11.6. The van der Waals surface area contributed by atoms with Crippen molar-refractivity contribution >= 4 is 23.2 Å². The first-order valence-electron chi connectivity index (χ1n) is 10.9. The minimum absolute atomic E-state index is 0.0283. The molecule has 0 bridgehead atoms. The molecule has 0 fully saturated rings. The number of nitrogens with zero attached hydrogens (tertiary/aromatic N) is 1. The molecule has 3 aromatic carbocycles. The van der Waals surface area contributed by atoms with Crippen molar-refractivity contribution in [2.75, 3.05) is 11.9 Å². The van der Waals surface area contributed by atoms with Crippen LogP contribution in [0.25, 0.3) is 0 Å². The van der Waals surface area contributed by atoms with E-state index in [1.165, 1.54) is 23.8 Å². The fraction of sp³-hybridized carbons (Fsp3) is 0.222. The van der Waals surface area contributed by atoms with Crippen LogP contribution in [0.3, 0.4) is 0 Å². The molecule has 0 spiro atoms. The van der Waals surface area contributed by atoms with Crippen LogP contribution in [0, 0.1) is 5.82 Å². The first kappa shape index (κ1) is 24.6. The van der Waals surface area contributed by atoms with Gasteiger partial charge in [0.25, 0.3) is 11.8 Å². The minimum Gasteiger partial charge on any atom is -0.484 e. The van der Waals surface area contributed by atoms with E-state index in [9.17, 15) is 14.0 Å². The number of nitrogens with one attached hydrogen (secondary N) is 2. The third-order valence-electron chi connectivity index (χ3n) is 5.12. The molecule has 0 aliphatic carbocycles. The van der Waals surface area contributed by atoms with E-state index in [-0.39, 0.29) is 23.5 Å². The molecule has 34 heavy (non-hydrogen) atoms. The highest BCUT2D eigenvalue weighted by Crippen LogP contribution is 2.24. The Morgan fingerprint density at radius 3 is 2.21 bits per heavy atom. The fourth-order valence-corrected chi connectivity index (χ4v) is 3.08. The zero-order valence-electron chi connectivity index (χ0n) is 19.7. The van der Waals surface area contributed by atoms with E-state index in [2.05, 4.69) is 36.6 Å². The van der Waals surface area contributed by atoms with E-state index in [4.69, 9.17) is 4.74 Å². The van der Waals surface area contributed by atoms with E-state index < -0.39 is 11.7 Å². The highest BCUT2D eigenvalue weighted by molar-refractivity contribution is 6.05. The number of ether oxygens (including phenoxy) is 1. The fourth-order valence-electron chi connectivity index (χ4n) is 3.08. The molecule has 0 heterocycles. The Kier molecular flexibility index (Phi) is 7.79. The molecule has 0 saturated heterocycles. The molecule has 2 N–H and O–H groups in total. The van der Waals surface area contributed by atoms with E-state index in [0.29, 0.717) is 17.1 Å². The lowest BCUT2D eigenvalue weighted by Crippen LogP contribution is -2.25. The second-order valence-corrected chi connectivity index (χ2v) is 8.81. The molecule has 7 heteroatoms. The Labute approximate surface area is 198 Å². The van der Waals surface area contributed by atoms with Crippen molar-refractivity contribution in [1.29, 1.82) is 0 Å². The van der Waals surface area contributed by atoms with E-state index in [1.54, 1.807) is 37.3 Å². The molecule has 0 aromatic heterocycles. The second kappa shape index (κ2) is 10.7. The van der Waals surface area contributed by atoms with Crippen molar-refractivity contribution in [3.05, 3.63) is 95.3 Å². The average Bonchev–Trinajstić information content (AvgIpc) is 2.81. The molecule has 0 atom stereocenters. The van der Waals surface area contributed by atoms with E-state index >= 15 is 0 Å². The van der Waals surface area contributed by atoms with Crippen LogP contribution in [0.2, 0.25) is 0 Å². The van der Waals surface area contributed by atoms with Crippen molar-refractivity contribution in [2.45, 2.75) is 33.1 Å². The van der Waals surface area contributed by atoms with Gasteiger partial charge in [-0.05, 0) is 59.9 Å². The first-order chi connectivity index (χ1) is 16.1. The van der Waals surface area contributed by atoms with Gasteiger partial charge in [-0.3, -0.25) is 9.59 Å². The Morgan fingerprint density at radius 2 is 1.59 bits per heavy atom. The SMILES string of the molecule is C/C(=N\NC(=O)COc1ccc(C(C)(C)C)cc1)c1ccc(NC(=O)c2ccccc2F)cc1. The Morgan fingerprint density at radius 1 is 0.941 bits per heavy atom. The monoisotopic (exact) mass is 461 g/mol. The maximum absolute atomic E-state index is 13.8. The summed E-state index contributed by atoms with van der Waals surface area (Å²) in [6.45, 7) is 7.98. The molecule has 0 aliphatic rings. The number of hydrazone groups is 1. The third-order valence-corrected chi connectivity index (χ3v) is 5.12. The molecule has 0 saturated carbocycles. The lowest BCUT2D eigenvalue weighted by Gasteiger charge is -2.19. The van der Waals surface area contributed by atoms with Crippen LogP contribution in [0.1, 0.15) is 49.2 Å². The van der Waals surface area contributed by atoms with Crippen molar-refractivity contribution in [2.24, 2.45) is 5.10 Å². The maximum Gasteiger partial charge on any atom is 0.277 e. The third kappa shape index (κ3) is 6.75. The highest BCUT2D eigenvalue weighted by atomic mass is 19.1. The molecule has 0 radical (unpaired) electrons. The van der Waals surface area contributed by atoms with Crippen LogP contribution < -0.4 is 15.5 Å². The van der Waals surface area contributed by atoms with Gasteiger partial charge in [0.15, 0.2) is 6.61 Å². The van der Waals surface area contributed by atoms with Crippen molar-refractivity contribution in [1.82, 2.24) is 5.43 Å². The zero-order chi connectivity index (χ0) is 24.7. The van der Waals surface area contributed by atoms with Crippen LogP contribution in [0.4, 0.5) is 10.1 Å².